The molecule has 0 aromatic heterocycles. The minimum Gasteiger partial charge on any atom is -0.257 e. The Labute approximate surface area is 61.7 Å². The Morgan fingerprint density at radius 1 is 1.56 bits per heavy atom. The smallest absolute Gasteiger partial charge is 0.257 e. The van der Waals surface area contributed by atoms with Crippen molar-refractivity contribution in [3.05, 3.63) is 0 Å². The predicted molar refractivity (Wildman–Crippen MR) is 41.3 cm³/mol. The van der Waals surface area contributed by atoms with E-state index in [4.69, 9.17) is 11.6 Å². The summed E-state index contributed by atoms with van der Waals surface area (Å²) in [6.07, 6.45) is 0. The molecule has 0 spiro atoms. The molecule has 0 saturated heterocycles. The Bertz CT molecular complexity index is 116. The van der Waals surface area contributed by atoms with Crippen molar-refractivity contribution in [2.45, 2.75) is 6.92 Å². The van der Waals surface area contributed by atoms with Gasteiger partial charge in [0.05, 0.1) is 27.7 Å². The van der Waals surface area contributed by atoms with Gasteiger partial charge in [-0.15, -0.1) is 0 Å². The van der Waals surface area contributed by atoms with E-state index in [2.05, 4.69) is 6.92 Å². The first-order valence-corrected chi connectivity index (χ1v) is 3.38. The minimum atomic E-state index is 0.775. The topological polar surface area (TPSA) is 6.25 Å². The molecule has 0 aromatic rings. The monoisotopic (exact) mass is 149 g/mol. The van der Waals surface area contributed by atoms with Crippen molar-refractivity contribution in [1.82, 2.24) is 4.90 Å². The summed E-state index contributed by atoms with van der Waals surface area (Å²) in [4.78, 5) is 1.97. The second kappa shape index (κ2) is 3.72. The summed E-state index contributed by atoms with van der Waals surface area (Å²) in [5.74, 6) is 0. The van der Waals surface area contributed by atoms with Gasteiger partial charge >= 0.3 is 5.29 Å². The molecule has 9 heavy (non-hydrogen) atoms. The van der Waals surface area contributed by atoms with E-state index in [0.717, 1.165) is 11.8 Å². The van der Waals surface area contributed by atoms with Gasteiger partial charge in [-0.2, -0.15) is 0 Å². The third-order valence-corrected chi connectivity index (χ3v) is 1.78. The summed E-state index contributed by atoms with van der Waals surface area (Å²) in [5, 5.41) is 0.775. The molecule has 0 rings (SSSR count). The Kier molecular flexibility index (Phi) is 3.62. The molecule has 0 aliphatic carbocycles. The van der Waals surface area contributed by atoms with Crippen molar-refractivity contribution in [3.63, 3.8) is 0 Å². The molecule has 0 saturated carbocycles. The van der Waals surface area contributed by atoms with E-state index in [9.17, 15) is 0 Å². The second-order valence-corrected chi connectivity index (χ2v) is 2.52. The molecule has 2 nitrogen and oxygen atoms in total. The fourth-order valence-corrected chi connectivity index (χ4v) is 0.591. The van der Waals surface area contributed by atoms with Gasteiger partial charge < -0.3 is 0 Å². The van der Waals surface area contributed by atoms with Crippen molar-refractivity contribution in [1.29, 1.82) is 0 Å². The number of rotatable bonds is 1. The van der Waals surface area contributed by atoms with Crippen LogP contribution in [0.2, 0.25) is 0 Å². The molecule has 0 radical (unpaired) electrons. The molecule has 0 amide bonds. The molecule has 0 atom stereocenters. The van der Waals surface area contributed by atoms with E-state index in [1.807, 2.05) is 30.6 Å². The lowest BCUT2D eigenvalue weighted by atomic mass is 10.7. The van der Waals surface area contributed by atoms with Crippen LogP contribution in [0.4, 0.5) is 0 Å². The molecule has 54 valence electrons. The minimum absolute atomic E-state index is 0.775. The third kappa shape index (κ3) is 2.70. The van der Waals surface area contributed by atoms with Crippen molar-refractivity contribution in [2.75, 3.05) is 27.7 Å². The SMILES string of the molecule is CCN(C)C(Cl)=[N+](C)C. The van der Waals surface area contributed by atoms with Crippen molar-refractivity contribution < 1.29 is 4.58 Å². The molecule has 0 heterocycles. The van der Waals surface area contributed by atoms with Crippen LogP contribution in [0.15, 0.2) is 0 Å². The lowest BCUT2D eigenvalue weighted by Gasteiger charge is -2.06. The standard InChI is InChI=1S/C6H14ClN2/c1-5-9(4)6(7)8(2)3/h5H2,1-4H3/q+1. The Morgan fingerprint density at radius 2 is 2.00 bits per heavy atom. The fraction of sp³-hybridized carbons (Fsp3) is 0.833. The molecule has 0 unspecified atom stereocenters. The average Bonchev–Trinajstić information content (AvgIpc) is 1.84. The Hall–Kier alpha value is -0.240. The molecule has 0 aromatic carbocycles. The maximum atomic E-state index is 5.83. The van der Waals surface area contributed by atoms with Gasteiger partial charge in [0, 0.05) is 11.6 Å². The maximum absolute atomic E-state index is 5.83. The van der Waals surface area contributed by atoms with Gasteiger partial charge in [0.25, 0.3) is 0 Å². The third-order valence-electron chi connectivity index (χ3n) is 1.16. The summed E-state index contributed by atoms with van der Waals surface area (Å²) in [6.45, 7) is 3.00. The number of nitrogens with zero attached hydrogens (tertiary/aromatic N) is 2. The van der Waals surface area contributed by atoms with Crippen LogP contribution in [0.3, 0.4) is 0 Å². The summed E-state index contributed by atoms with van der Waals surface area (Å²) >= 11 is 5.83. The zero-order chi connectivity index (χ0) is 7.44. The molecular weight excluding hydrogens is 136 g/mol. The Morgan fingerprint density at radius 3 is 2.11 bits per heavy atom. The lowest BCUT2D eigenvalue weighted by molar-refractivity contribution is -0.467. The van der Waals surface area contributed by atoms with E-state index in [1.54, 1.807) is 0 Å². The average molecular weight is 150 g/mol. The van der Waals surface area contributed by atoms with E-state index >= 15 is 0 Å². The van der Waals surface area contributed by atoms with Gasteiger partial charge in [0.2, 0.25) is 0 Å². The highest BCUT2D eigenvalue weighted by molar-refractivity contribution is 6.63. The van der Waals surface area contributed by atoms with Gasteiger partial charge in [-0.1, -0.05) is 0 Å². The second-order valence-electron chi connectivity index (χ2n) is 2.18. The summed E-state index contributed by atoms with van der Waals surface area (Å²) in [7, 11) is 5.81. The van der Waals surface area contributed by atoms with E-state index in [1.165, 1.54) is 0 Å². The largest absolute Gasteiger partial charge is 0.344 e. The molecule has 0 aliphatic rings. The summed E-state index contributed by atoms with van der Waals surface area (Å²) < 4.78 is 1.88. The van der Waals surface area contributed by atoms with Gasteiger partial charge in [0.15, 0.2) is 0 Å². The predicted octanol–water partition coefficient (Wildman–Crippen LogP) is 0.805. The van der Waals surface area contributed by atoms with Crippen LogP contribution in [-0.2, 0) is 0 Å². The molecule has 0 bridgehead atoms. The van der Waals surface area contributed by atoms with E-state index in [-0.39, 0.29) is 0 Å². The quantitative estimate of drug-likeness (QED) is 0.232. The molecule has 3 heteroatoms. The van der Waals surface area contributed by atoms with E-state index < -0.39 is 0 Å². The van der Waals surface area contributed by atoms with Crippen molar-refractivity contribution in [3.8, 4) is 0 Å². The summed E-state index contributed by atoms with van der Waals surface area (Å²) in [6, 6.07) is 0. The zero-order valence-corrected chi connectivity index (χ0v) is 7.24. The molecule has 0 N–H and O–H groups in total. The van der Waals surface area contributed by atoms with Crippen LogP contribution in [0.1, 0.15) is 6.92 Å². The van der Waals surface area contributed by atoms with Gasteiger partial charge in [-0.3, -0.25) is 9.48 Å². The highest BCUT2D eigenvalue weighted by atomic mass is 35.5. The lowest BCUT2D eigenvalue weighted by Crippen LogP contribution is -2.28. The van der Waals surface area contributed by atoms with Crippen LogP contribution in [0.25, 0.3) is 0 Å². The van der Waals surface area contributed by atoms with Crippen molar-refractivity contribution in [2.24, 2.45) is 0 Å². The van der Waals surface area contributed by atoms with Crippen LogP contribution in [0.5, 0.6) is 0 Å². The van der Waals surface area contributed by atoms with Gasteiger partial charge in [-0.05, 0) is 6.92 Å². The highest BCUT2D eigenvalue weighted by Crippen LogP contribution is 1.89. The number of hydrogen-bond donors (Lipinski definition) is 0. The van der Waals surface area contributed by atoms with E-state index in [0.29, 0.717) is 0 Å². The number of amidine groups is 1. The Balaban J connectivity index is 4.02. The fourth-order valence-electron chi connectivity index (χ4n) is 0.472. The molecule has 0 fully saturated rings. The van der Waals surface area contributed by atoms with Crippen molar-refractivity contribution >= 4 is 16.9 Å². The van der Waals surface area contributed by atoms with Crippen LogP contribution in [-0.4, -0.2) is 42.5 Å². The normalized spacial score (nSPS) is 9.00. The highest BCUT2D eigenvalue weighted by Gasteiger charge is 2.07. The van der Waals surface area contributed by atoms with Crippen LogP contribution in [0, 0.1) is 0 Å². The van der Waals surface area contributed by atoms with Crippen LogP contribution >= 0.6 is 11.6 Å². The summed E-state index contributed by atoms with van der Waals surface area (Å²) in [5.41, 5.74) is 0. The van der Waals surface area contributed by atoms with Gasteiger partial charge in [0.1, 0.15) is 0 Å². The zero-order valence-electron chi connectivity index (χ0n) is 6.48. The first-order valence-electron chi connectivity index (χ1n) is 3.00. The molecule has 0 aliphatic heterocycles. The first kappa shape index (κ1) is 8.76. The maximum Gasteiger partial charge on any atom is 0.344 e. The number of hydrogen-bond acceptors (Lipinski definition) is 0. The van der Waals surface area contributed by atoms with Crippen LogP contribution < -0.4 is 0 Å². The first-order chi connectivity index (χ1) is 4.09. The molecular formula is C6H14ClN2+. The van der Waals surface area contributed by atoms with Gasteiger partial charge in [-0.25, -0.2) is 0 Å². The number of halogens is 1.